The van der Waals surface area contributed by atoms with Gasteiger partial charge in [-0.2, -0.15) is 0 Å². The van der Waals surface area contributed by atoms with Crippen molar-refractivity contribution in [3.63, 3.8) is 0 Å². The molecule has 0 fully saturated rings. The highest BCUT2D eigenvalue weighted by Crippen LogP contribution is 2.33. The van der Waals surface area contributed by atoms with Crippen LogP contribution >= 0.6 is 11.3 Å². The summed E-state index contributed by atoms with van der Waals surface area (Å²) < 4.78 is 17.0. The summed E-state index contributed by atoms with van der Waals surface area (Å²) in [6.45, 7) is 0.756. The molecule has 4 rings (SSSR count). The van der Waals surface area contributed by atoms with Crippen molar-refractivity contribution in [3.05, 3.63) is 58.5 Å². The Hall–Kier alpha value is -3.06. The Morgan fingerprint density at radius 2 is 1.76 bits per heavy atom. The fourth-order valence-electron chi connectivity index (χ4n) is 3.47. The molecule has 150 valence electrons. The third kappa shape index (κ3) is 3.91. The number of ether oxygens (including phenoxy) is 3. The Kier molecular flexibility index (Phi) is 5.40. The molecule has 0 saturated carbocycles. The Morgan fingerprint density at radius 1 is 1.03 bits per heavy atom. The Balaban J connectivity index is 1.40. The maximum absolute atomic E-state index is 12.6. The minimum atomic E-state index is -0.469. The maximum atomic E-state index is 12.6. The van der Waals surface area contributed by atoms with E-state index in [9.17, 15) is 9.59 Å². The lowest BCUT2D eigenvalue weighted by atomic mass is 9.99. The summed E-state index contributed by atoms with van der Waals surface area (Å²) >= 11 is 1.37. The van der Waals surface area contributed by atoms with E-state index in [-0.39, 0.29) is 12.5 Å². The van der Waals surface area contributed by atoms with Crippen LogP contribution in [0.25, 0.3) is 10.1 Å². The first-order valence-corrected chi connectivity index (χ1v) is 10.1. The number of thiophene rings is 1. The van der Waals surface area contributed by atoms with Gasteiger partial charge >= 0.3 is 5.97 Å². The SMILES string of the molecule is COc1cc2c(cc1OC)CN(C(=O)COC(=O)c1cc3ccccc3s1)CC2. The molecule has 7 heteroatoms. The third-order valence-electron chi connectivity index (χ3n) is 5.02. The third-order valence-corrected chi connectivity index (χ3v) is 6.12. The van der Waals surface area contributed by atoms with Crippen LogP contribution in [0.3, 0.4) is 0 Å². The van der Waals surface area contributed by atoms with E-state index >= 15 is 0 Å². The van der Waals surface area contributed by atoms with Crippen molar-refractivity contribution in [1.29, 1.82) is 0 Å². The summed E-state index contributed by atoms with van der Waals surface area (Å²) in [6.07, 6.45) is 0.714. The van der Waals surface area contributed by atoms with Crippen LogP contribution in [0.4, 0.5) is 0 Å². The van der Waals surface area contributed by atoms with E-state index in [2.05, 4.69) is 0 Å². The van der Waals surface area contributed by atoms with Crippen LogP contribution in [0.1, 0.15) is 20.8 Å². The smallest absolute Gasteiger partial charge is 0.348 e. The number of hydrogen-bond donors (Lipinski definition) is 0. The first-order chi connectivity index (χ1) is 14.1. The van der Waals surface area contributed by atoms with Crippen molar-refractivity contribution in [3.8, 4) is 11.5 Å². The summed E-state index contributed by atoms with van der Waals surface area (Å²) in [7, 11) is 3.19. The number of methoxy groups -OCH3 is 2. The minimum absolute atomic E-state index is 0.208. The van der Waals surface area contributed by atoms with Crippen LogP contribution in [0.5, 0.6) is 11.5 Å². The van der Waals surface area contributed by atoms with Gasteiger partial charge < -0.3 is 19.1 Å². The lowest BCUT2D eigenvalue weighted by molar-refractivity contribution is -0.135. The van der Waals surface area contributed by atoms with Crippen molar-refractivity contribution >= 4 is 33.3 Å². The zero-order valence-electron chi connectivity index (χ0n) is 16.3. The van der Waals surface area contributed by atoms with E-state index in [1.807, 2.05) is 36.4 Å². The normalized spacial score (nSPS) is 13.1. The second-order valence-electron chi connectivity index (χ2n) is 6.77. The molecule has 0 unspecified atom stereocenters. The molecule has 0 bridgehead atoms. The number of rotatable bonds is 5. The Labute approximate surface area is 172 Å². The summed E-state index contributed by atoms with van der Waals surface area (Å²) in [4.78, 5) is 27.1. The van der Waals surface area contributed by atoms with Crippen molar-refractivity contribution in [2.75, 3.05) is 27.4 Å². The molecule has 0 aliphatic carbocycles. The van der Waals surface area contributed by atoms with Crippen LogP contribution < -0.4 is 9.47 Å². The topological polar surface area (TPSA) is 65.1 Å². The number of esters is 1. The van der Waals surface area contributed by atoms with Crippen LogP contribution in [-0.2, 0) is 22.5 Å². The van der Waals surface area contributed by atoms with Gasteiger partial charge in [0.05, 0.1) is 14.2 Å². The molecule has 0 saturated heterocycles. The van der Waals surface area contributed by atoms with Gasteiger partial charge in [0.15, 0.2) is 18.1 Å². The monoisotopic (exact) mass is 411 g/mol. The van der Waals surface area contributed by atoms with Gasteiger partial charge in [-0.1, -0.05) is 18.2 Å². The van der Waals surface area contributed by atoms with Crippen LogP contribution in [0, 0.1) is 0 Å². The second-order valence-corrected chi connectivity index (χ2v) is 7.85. The first kappa shape index (κ1) is 19.3. The number of carbonyl (C=O) groups excluding carboxylic acids is 2. The zero-order chi connectivity index (χ0) is 20.4. The lowest BCUT2D eigenvalue weighted by Crippen LogP contribution is -2.38. The van der Waals surface area contributed by atoms with Crippen molar-refractivity contribution in [2.45, 2.75) is 13.0 Å². The van der Waals surface area contributed by atoms with E-state index in [1.165, 1.54) is 11.3 Å². The molecule has 0 spiro atoms. The molecule has 0 atom stereocenters. The molecular formula is C22H21NO5S. The van der Waals surface area contributed by atoms with Crippen molar-refractivity contribution in [2.24, 2.45) is 0 Å². The molecule has 2 heterocycles. The van der Waals surface area contributed by atoms with Gasteiger partial charge in [-0.15, -0.1) is 11.3 Å². The fraction of sp³-hybridized carbons (Fsp3) is 0.273. The average molecular weight is 411 g/mol. The molecule has 1 amide bonds. The Bertz CT molecular complexity index is 1040. The molecule has 0 N–H and O–H groups in total. The average Bonchev–Trinajstić information content (AvgIpc) is 3.20. The Morgan fingerprint density at radius 3 is 2.48 bits per heavy atom. The van der Waals surface area contributed by atoms with Gasteiger partial charge in [-0.25, -0.2) is 4.79 Å². The number of nitrogens with zero attached hydrogens (tertiary/aromatic N) is 1. The molecule has 2 aromatic carbocycles. The standard InChI is InChI=1S/C22H21NO5S/c1-26-17-9-14-7-8-23(12-16(14)10-18(17)27-2)21(24)13-28-22(25)20-11-15-5-3-4-6-19(15)29-20/h3-6,9-11H,7-8,12-13H2,1-2H3. The molecule has 6 nitrogen and oxygen atoms in total. The predicted octanol–water partition coefficient (Wildman–Crippen LogP) is 3.66. The molecule has 0 radical (unpaired) electrons. The highest BCUT2D eigenvalue weighted by atomic mass is 32.1. The van der Waals surface area contributed by atoms with E-state index in [0.717, 1.165) is 21.2 Å². The van der Waals surface area contributed by atoms with Gasteiger partial charge in [-0.05, 0) is 47.2 Å². The quantitative estimate of drug-likeness (QED) is 0.600. The van der Waals surface area contributed by atoms with Crippen molar-refractivity contribution in [1.82, 2.24) is 4.90 Å². The lowest BCUT2D eigenvalue weighted by Gasteiger charge is -2.29. The van der Waals surface area contributed by atoms with Crippen LogP contribution in [0.15, 0.2) is 42.5 Å². The van der Waals surface area contributed by atoms with Gasteiger partial charge in [0.2, 0.25) is 0 Å². The number of amides is 1. The number of carbonyl (C=O) groups is 2. The van der Waals surface area contributed by atoms with E-state index in [0.29, 0.717) is 35.9 Å². The maximum Gasteiger partial charge on any atom is 0.348 e. The van der Waals surface area contributed by atoms with Gasteiger partial charge in [0.1, 0.15) is 4.88 Å². The molecule has 1 aromatic heterocycles. The van der Waals surface area contributed by atoms with Crippen molar-refractivity contribution < 1.29 is 23.8 Å². The minimum Gasteiger partial charge on any atom is -0.493 e. The van der Waals surface area contributed by atoms with E-state index in [4.69, 9.17) is 14.2 Å². The molecule has 1 aliphatic rings. The van der Waals surface area contributed by atoms with Gasteiger partial charge in [-0.3, -0.25) is 4.79 Å². The summed E-state index contributed by atoms with van der Waals surface area (Å²) in [6, 6.07) is 13.4. The molecule has 1 aliphatic heterocycles. The van der Waals surface area contributed by atoms with Gasteiger partial charge in [0, 0.05) is 17.8 Å². The molecule has 3 aromatic rings. The highest BCUT2D eigenvalue weighted by Gasteiger charge is 2.24. The first-order valence-electron chi connectivity index (χ1n) is 9.26. The highest BCUT2D eigenvalue weighted by molar-refractivity contribution is 7.20. The second kappa shape index (κ2) is 8.13. The van der Waals surface area contributed by atoms with Crippen LogP contribution in [0.2, 0.25) is 0 Å². The van der Waals surface area contributed by atoms with Crippen LogP contribution in [-0.4, -0.2) is 44.1 Å². The summed E-state index contributed by atoms with van der Waals surface area (Å²) in [5, 5.41) is 0.993. The van der Waals surface area contributed by atoms with E-state index in [1.54, 1.807) is 25.2 Å². The van der Waals surface area contributed by atoms with Gasteiger partial charge in [0.25, 0.3) is 5.91 Å². The predicted molar refractivity (Wildman–Crippen MR) is 111 cm³/mol. The molecule has 29 heavy (non-hydrogen) atoms. The summed E-state index contributed by atoms with van der Waals surface area (Å²) in [5.41, 5.74) is 2.15. The van der Waals surface area contributed by atoms with E-state index < -0.39 is 5.97 Å². The number of benzene rings is 2. The molecular weight excluding hydrogens is 390 g/mol. The zero-order valence-corrected chi connectivity index (χ0v) is 17.1. The largest absolute Gasteiger partial charge is 0.493 e. The summed E-state index contributed by atoms with van der Waals surface area (Å²) in [5.74, 6) is 0.642. The number of fused-ring (bicyclic) bond motifs is 2. The number of hydrogen-bond acceptors (Lipinski definition) is 6. The fourth-order valence-corrected chi connectivity index (χ4v) is 4.42.